The number of nitrogens with two attached hydrogens (primary N) is 1. The highest BCUT2D eigenvalue weighted by Gasteiger charge is 2.35. The standard InChI is InChI=1S/C18H11N5/c19-9-14(10-20)13-1-3-15(4-2-13)18(11-21,12-22)16-5-7-17(23)8-6-16/h1-8,14H,23H2. The molecular weight excluding hydrogens is 286 g/mol. The number of hydrogen-bond donors (Lipinski definition) is 1. The van der Waals surface area contributed by atoms with Crippen molar-refractivity contribution in [3.05, 3.63) is 65.2 Å². The van der Waals surface area contributed by atoms with Crippen molar-refractivity contribution in [3.8, 4) is 24.3 Å². The van der Waals surface area contributed by atoms with Crippen molar-refractivity contribution in [2.24, 2.45) is 0 Å². The first kappa shape index (κ1) is 15.6. The largest absolute Gasteiger partial charge is 0.399 e. The summed E-state index contributed by atoms with van der Waals surface area (Å²) in [7, 11) is 0. The number of anilines is 1. The van der Waals surface area contributed by atoms with Crippen molar-refractivity contribution >= 4 is 5.69 Å². The third kappa shape index (κ3) is 2.68. The molecule has 5 nitrogen and oxygen atoms in total. The summed E-state index contributed by atoms with van der Waals surface area (Å²) in [5, 5.41) is 37.1. The predicted molar refractivity (Wildman–Crippen MR) is 83.3 cm³/mol. The summed E-state index contributed by atoms with van der Waals surface area (Å²) in [6.45, 7) is 0. The van der Waals surface area contributed by atoms with E-state index in [2.05, 4.69) is 12.1 Å². The zero-order valence-corrected chi connectivity index (χ0v) is 12.1. The fourth-order valence-electron chi connectivity index (χ4n) is 2.29. The fourth-order valence-corrected chi connectivity index (χ4v) is 2.29. The lowest BCUT2D eigenvalue weighted by atomic mass is 9.76. The quantitative estimate of drug-likeness (QED) is 0.873. The summed E-state index contributed by atoms with van der Waals surface area (Å²) >= 11 is 0. The Morgan fingerprint density at radius 1 is 0.739 bits per heavy atom. The highest BCUT2D eigenvalue weighted by molar-refractivity contribution is 5.55. The highest BCUT2D eigenvalue weighted by Crippen LogP contribution is 2.32. The molecule has 2 rings (SSSR count). The third-order valence-electron chi connectivity index (χ3n) is 3.61. The summed E-state index contributed by atoms with van der Waals surface area (Å²) in [4.78, 5) is 0. The lowest BCUT2D eigenvalue weighted by Gasteiger charge is -2.20. The van der Waals surface area contributed by atoms with Crippen LogP contribution in [0.5, 0.6) is 0 Å². The molecule has 0 aliphatic heterocycles. The van der Waals surface area contributed by atoms with E-state index in [0.29, 0.717) is 22.4 Å². The maximum Gasteiger partial charge on any atom is 0.193 e. The average molecular weight is 297 g/mol. The Labute approximate surface area is 134 Å². The van der Waals surface area contributed by atoms with Gasteiger partial charge >= 0.3 is 0 Å². The van der Waals surface area contributed by atoms with Crippen molar-refractivity contribution in [3.63, 3.8) is 0 Å². The molecular formula is C18H11N5. The van der Waals surface area contributed by atoms with E-state index in [1.807, 2.05) is 12.1 Å². The Kier molecular flexibility index (Phi) is 4.28. The van der Waals surface area contributed by atoms with Crippen LogP contribution < -0.4 is 5.73 Å². The highest BCUT2D eigenvalue weighted by atomic mass is 14.5. The normalized spacial score (nSPS) is 10.1. The molecule has 5 heteroatoms. The molecule has 0 unspecified atom stereocenters. The SMILES string of the molecule is N#CC(C#N)c1ccc(C(C#N)(C#N)c2ccc(N)cc2)cc1. The smallest absolute Gasteiger partial charge is 0.193 e. The molecule has 2 aromatic rings. The molecule has 0 fully saturated rings. The Morgan fingerprint density at radius 3 is 1.57 bits per heavy atom. The van der Waals surface area contributed by atoms with Crippen LogP contribution >= 0.6 is 0 Å². The van der Waals surface area contributed by atoms with Gasteiger partial charge in [-0.2, -0.15) is 21.0 Å². The molecule has 0 spiro atoms. The molecule has 2 aromatic carbocycles. The van der Waals surface area contributed by atoms with Crippen LogP contribution in [-0.4, -0.2) is 0 Å². The van der Waals surface area contributed by atoms with Gasteiger partial charge in [-0.05, 0) is 28.8 Å². The molecule has 2 N–H and O–H groups in total. The molecule has 0 saturated heterocycles. The van der Waals surface area contributed by atoms with Crippen LogP contribution in [0.25, 0.3) is 0 Å². The molecule has 0 atom stereocenters. The van der Waals surface area contributed by atoms with Crippen LogP contribution in [0, 0.1) is 45.3 Å². The number of hydrogen-bond acceptors (Lipinski definition) is 5. The summed E-state index contributed by atoms with van der Waals surface area (Å²) < 4.78 is 0. The van der Waals surface area contributed by atoms with Gasteiger partial charge in [-0.3, -0.25) is 0 Å². The number of rotatable bonds is 3. The Morgan fingerprint density at radius 2 is 1.17 bits per heavy atom. The van der Waals surface area contributed by atoms with E-state index in [1.54, 1.807) is 48.5 Å². The van der Waals surface area contributed by atoms with Crippen LogP contribution in [0.15, 0.2) is 48.5 Å². The molecule has 108 valence electrons. The van der Waals surface area contributed by atoms with Gasteiger partial charge in [-0.1, -0.05) is 36.4 Å². The van der Waals surface area contributed by atoms with E-state index < -0.39 is 11.3 Å². The Balaban J connectivity index is 2.54. The summed E-state index contributed by atoms with van der Waals surface area (Å²) in [5.74, 6) is -0.876. The van der Waals surface area contributed by atoms with Gasteiger partial charge < -0.3 is 5.73 Å². The first-order valence-corrected chi connectivity index (χ1v) is 6.69. The van der Waals surface area contributed by atoms with Crippen molar-refractivity contribution in [2.45, 2.75) is 11.3 Å². The summed E-state index contributed by atoms with van der Waals surface area (Å²) in [6, 6.07) is 20.8. The lowest BCUT2D eigenvalue weighted by Crippen LogP contribution is -2.23. The molecule has 0 bridgehead atoms. The van der Waals surface area contributed by atoms with Crippen molar-refractivity contribution in [1.29, 1.82) is 21.0 Å². The molecule has 0 heterocycles. The summed E-state index contributed by atoms with van der Waals surface area (Å²) in [5.41, 5.74) is 6.24. The Bertz CT molecular complexity index is 840. The molecule has 0 aromatic heterocycles. The molecule has 0 saturated carbocycles. The molecule has 0 amide bonds. The second-order valence-corrected chi connectivity index (χ2v) is 4.91. The lowest BCUT2D eigenvalue weighted by molar-refractivity contribution is 0.847. The van der Waals surface area contributed by atoms with Gasteiger partial charge in [0.1, 0.15) is 0 Å². The van der Waals surface area contributed by atoms with E-state index in [-0.39, 0.29) is 0 Å². The minimum Gasteiger partial charge on any atom is -0.399 e. The minimum atomic E-state index is -1.47. The topological polar surface area (TPSA) is 121 Å². The van der Waals surface area contributed by atoms with Crippen LogP contribution in [0.2, 0.25) is 0 Å². The van der Waals surface area contributed by atoms with Crippen LogP contribution in [0.4, 0.5) is 5.69 Å². The van der Waals surface area contributed by atoms with Gasteiger partial charge in [0.25, 0.3) is 0 Å². The van der Waals surface area contributed by atoms with Gasteiger partial charge in [-0.25, -0.2) is 0 Å². The van der Waals surface area contributed by atoms with Crippen LogP contribution in [0.1, 0.15) is 22.6 Å². The Hall–Kier alpha value is -3.80. The van der Waals surface area contributed by atoms with Gasteiger partial charge in [-0.15, -0.1) is 0 Å². The first-order valence-electron chi connectivity index (χ1n) is 6.69. The number of benzene rings is 2. The van der Waals surface area contributed by atoms with Gasteiger partial charge in [0, 0.05) is 5.69 Å². The fraction of sp³-hybridized carbons (Fsp3) is 0.111. The number of nitriles is 4. The second kappa shape index (κ2) is 6.31. The van der Waals surface area contributed by atoms with Gasteiger partial charge in [0.15, 0.2) is 11.3 Å². The van der Waals surface area contributed by atoms with E-state index in [9.17, 15) is 10.5 Å². The van der Waals surface area contributed by atoms with E-state index in [0.717, 1.165) is 0 Å². The van der Waals surface area contributed by atoms with Crippen molar-refractivity contribution < 1.29 is 0 Å². The second-order valence-electron chi connectivity index (χ2n) is 4.91. The number of nitrogen functional groups attached to an aromatic ring is 1. The van der Waals surface area contributed by atoms with E-state index >= 15 is 0 Å². The predicted octanol–water partition coefficient (Wildman–Crippen LogP) is 2.73. The van der Waals surface area contributed by atoms with E-state index in [4.69, 9.17) is 16.3 Å². The van der Waals surface area contributed by atoms with Gasteiger partial charge in [0.05, 0.1) is 24.3 Å². The number of nitrogens with zero attached hydrogens (tertiary/aromatic N) is 4. The van der Waals surface area contributed by atoms with Gasteiger partial charge in [0.2, 0.25) is 0 Å². The van der Waals surface area contributed by atoms with Crippen molar-refractivity contribution in [2.75, 3.05) is 5.73 Å². The van der Waals surface area contributed by atoms with Crippen LogP contribution in [0.3, 0.4) is 0 Å². The zero-order valence-electron chi connectivity index (χ0n) is 12.1. The maximum atomic E-state index is 9.62. The minimum absolute atomic E-state index is 0.477. The molecule has 0 aliphatic rings. The average Bonchev–Trinajstić information content (AvgIpc) is 2.60. The maximum absolute atomic E-state index is 9.62. The molecule has 23 heavy (non-hydrogen) atoms. The summed E-state index contributed by atoms with van der Waals surface area (Å²) in [6.07, 6.45) is 0. The molecule has 0 radical (unpaired) electrons. The zero-order chi connectivity index (χ0) is 16.9. The van der Waals surface area contributed by atoms with E-state index in [1.165, 1.54) is 0 Å². The van der Waals surface area contributed by atoms with Crippen LogP contribution in [-0.2, 0) is 5.41 Å². The van der Waals surface area contributed by atoms with Crippen molar-refractivity contribution in [1.82, 2.24) is 0 Å². The molecule has 0 aliphatic carbocycles. The monoisotopic (exact) mass is 297 g/mol. The third-order valence-corrected chi connectivity index (χ3v) is 3.61. The first-order chi connectivity index (χ1) is 11.1.